The zero-order chi connectivity index (χ0) is 34.1. The third kappa shape index (κ3) is 8.00. The van der Waals surface area contributed by atoms with Gasteiger partial charge in [-0.05, 0) is 94.4 Å². The molecule has 0 aromatic heterocycles. The van der Waals surface area contributed by atoms with Crippen molar-refractivity contribution in [1.82, 2.24) is 0 Å². The van der Waals surface area contributed by atoms with Crippen LogP contribution in [0, 0.1) is 0 Å². The van der Waals surface area contributed by atoms with Crippen LogP contribution in [0.25, 0.3) is 0 Å². The quantitative estimate of drug-likeness (QED) is 0.334. The third-order valence-corrected chi connectivity index (χ3v) is 9.23. The molecule has 244 valence electrons. The molecule has 0 aliphatic heterocycles. The molecule has 1 unspecified atom stereocenters. The van der Waals surface area contributed by atoms with Gasteiger partial charge in [-0.1, -0.05) is 171 Å². The van der Waals surface area contributed by atoms with Gasteiger partial charge in [-0.25, -0.2) is 0 Å². The summed E-state index contributed by atoms with van der Waals surface area (Å²) in [6, 6.07) is 7.89. The van der Waals surface area contributed by atoms with Crippen molar-refractivity contribution in [2.45, 2.75) is 203 Å². The van der Waals surface area contributed by atoms with E-state index in [0.717, 1.165) is 6.42 Å². The van der Waals surface area contributed by atoms with Gasteiger partial charge in [-0.3, -0.25) is 0 Å². The first kappa shape index (κ1) is 37.6. The van der Waals surface area contributed by atoms with Crippen molar-refractivity contribution >= 4 is 0 Å². The van der Waals surface area contributed by atoms with Gasteiger partial charge in [-0.15, -0.1) is 0 Å². The van der Waals surface area contributed by atoms with E-state index >= 15 is 0 Å². The van der Waals surface area contributed by atoms with Gasteiger partial charge in [0.2, 0.25) is 0 Å². The van der Waals surface area contributed by atoms with Crippen molar-refractivity contribution in [2.75, 3.05) is 0 Å². The Balaban J connectivity index is 3.49. The van der Waals surface area contributed by atoms with Crippen LogP contribution in [0.3, 0.4) is 0 Å². The molecule has 0 aliphatic carbocycles. The molecule has 2 aromatic rings. The fraction of sp³-hybridized carbons (Fsp3) is 0.721. The maximum atomic E-state index is 2.66. The number of hydrogen-bond donors (Lipinski definition) is 0. The van der Waals surface area contributed by atoms with E-state index in [4.69, 9.17) is 0 Å². The van der Waals surface area contributed by atoms with Crippen LogP contribution in [0.4, 0.5) is 0 Å². The summed E-state index contributed by atoms with van der Waals surface area (Å²) >= 11 is 0. The van der Waals surface area contributed by atoms with Crippen LogP contribution in [-0.4, -0.2) is 0 Å². The van der Waals surface area contributed by atoms with E-state index in [9.17, 15) is 0 Å². The predicted octanol–water partition coefficient (Wildman–Crippen LogP) is 13.3. The van der Waals surface area contributed by atoms with Crippen LogP contribution in [0.1, 0.15) is 215 Å². The molecular formula is C43H72. The average molecular weight is 589 g/mol. The van der Waals surface area contributed by atoms with Crippen LogP contribution >= 0.6 is 0 Å². The molecule has 0 saturated heterocycles. The fourth-order valence-corrected chi connectivity index (χ4v) is 7.23. The molecule has 0 heteroatoms. The predicted molar refractivity (Wildman–Crippen MR) is 196 cm³/mol. The maximum absolute atomic E-state index is 2.66. The Bertz CT molecular complexity index is 1240. The lowest BCUT2D eigenvalue weighted by Gasteiger charge is -2.43. The van der Waals surface area contributed by atoms with Gasteiger partial charge in [-0.2, -0.15) is 0 Å². The van der Waals surface area contributed by atoms with Gasteiger partial charge in [0.15, 0.2) is 0 Å². The second-order valence-electron chi connectivity index (χ2n) is 20.8. The topological polar surface area (TPSA) is 0 Å². The van der Waals surface area contributed by atoms with Crippen molar-refractivity contribution < 1.29 is 0 Å². The molecule has 0 nitrogen and oxygen atoms in total. The lowest BCUT2D eigenvalue weighted by atomic mass is 9.61. The van der Waals surface area contributed by atoms with Crippen LogP contribution in [0.5, 0.6) is 0 Å². The van der Waals surface area contributed by atoms with Gasteiger partial charge in [0.25, 0.3) is 0 Å². The van der Waals surface area contributed by atoms with Crippen LogP contribution < -0.4 is 0 Å². The fourth-order valence-electron chi connectivity index (χ4n) is 7.23. The summed E-state index contributed by atoms with van der Waals surface area (Å²) in [5.41, 5.74) is 14.0. The van der Waals surface area contributed by atoms with Crippen molar-refractivity contribution in [3.63, 3.8) is 0 Å². The average Bonchev–Trinajstić information content (AvgIpc) is 2.73. The number of benzene rings is 2. The smallest absolute Gasteiger partial charge is 0.00958 e. The molecular weight excluding hydrogens is 516 g/mol. The van der Waals surface area contributed by atoms with E-state index in [0.29, 0.717) is 5.92 Å². The van der Waals surface area contributed by atoms with E-state index in [1.165, 1.54) is 33.4 Å². The van der Waals surface area contributed by atoms with Crippen molar-refractivity contribution in [2.24, 2.45) is 0 Å². The standard InChI is InChI=1S/C43H72/c1-23-27(28-24-30(38(5,6)7)31(39(8,9)10)25-29(28)37(2,3)4)34-35(42(17,18)19)32(40(11,12)13)26-33(41(14,15)16)36(34)43(20,21)22/h24-27H,23H2,1-22H3. The molecule has 0 bridgehead atoms. The van der Waals surface area contributed by atoms with Crippen molar-refractivity contribution in [3.05, 3.63) is 68.3 Å². The first-order chi connectivity index (χ1) is 18.8. The first-order valence-corrected chi connectivity index (χ1v) is 17.2. The molecule has 0 heterocycles. The second-order valence-corrected chi connectivity index (χ2v) is 20.8. The minimum Gasteiger partial charge on any atom is -0.0645 e. The monoisotopic (exact) mass is 589 g/mol. The molecule has 43 heavy (non-hydrogen) atoms. The van der Waals surface area contributed by atoms with Crippen molar-refractivity contribution in [1.29, 1.82) is 0 Å². The summed E-state index contributed by atoms with van der Waals surface area (Å²) in [4.78, 5) is 0. The Labute approximate surface area is 270 Å². The first-order valence-electron chi connectivity index (χ1n) is 17.2. The van der Waals surface area contributed by atoms with E-state index in [1.54, 1.807) is 16.7 Å². The highest BCUT2D eigenvalue weighted by Gasteiger charge is 2.40. The molecule has 0 spiro atoms. The highest BCUT2D eigenvalue weighted by Crippen LogP contribution is 2.52. The Kier molecular flexibility index (Phi) is 9.93. The third-order valence-electron chi connectivity index (χ3n) is 9.23. The molecule has 0 saturated carbocycles. The van der Waals surface area contributed by atoms with Gasteiger partial charge in [0.05, 0.1) is 0 Å². The van der Waals surface area contributed by atoms with E-state index in [-0.39, 0.29) is 37.9 Å². The van der Waals surface area contributed by atoms with E-state index in [1.807, 2.05) is 0 Å². The SMILES string of the molecule is CCC(c1cc(C(C)(C)C)c(C(C)(C)C)cc1C(C)(C)C)c1c(C(C)(C)C)c(C(C)(C)C)cc(C(C)(C)C)c1C(C)(C)C. The molecule has 0 aliphatic rings. The number of rotatable bonds is 3. The summed E-state index contributed by atoms with van der Waals surface area (Å²) in [6.07, 6.45) is 1.07. The van der Waals surface area contributed by atoms with E-state index < -0.39 is 0 Å². The largest absolute Gasteiger partial charge is 0.0645 e. The summed E-state index contributed by atoms with van der Waals surface area (Å²) in [6.45, 7) is 53.3. The Morgan fingerprint density at radius 1 is 0.372 bits per heavy atom. The lowest BCUT2D eigenvalue weighted by molar-refractivity contribution is 0.482. The van der Waals surface area contributed by atoms with Gasteiger partial charge >= 0.3 is 0 Å². The lowest BCUT2D eigenvalue weighted by Crippen LogP contribution is -2.33. The minimum absolute atomic E-state index is 0.00187. The summed E-state index contributed by atoms with van der Waals surface area (Å²) in [5, 5.41) is 0. The highest BCUT2D eigenvalue weighted by molar-refractivity contribution is 5.61. The summed E-state index contributed by atoms with van der Waals surface area (Å²) in [5.74, 6) is 0.302. The molecule has 2 aromatic carbocycles. The molecule has 2 rings (SSSR count). The molecule has 1 atom stereocenters. The van der Waals surface area contributed by atoms with Gasteiger partial charge < -0.3 is 0 Å². The normalized spacial score (nSPS) is 15.2. The number of hydrogen-bond acceptors (Lipinski definition) is 0. The maximum Gasteiger partial charge on any atom is 0.00958 e. The summed E-state index contributed by atoms with van der Waals surface area (Å²) < 4.78 is 0. The Morgan fingerprint density at radius 2 is 0.651 bits per heavy atom. The Morgan fingerprint density at radius 3 is 0.907 bits per heavy atom. The van der Waals surface area contributed by atoms with Crippen LogP contribution in [0.15, 0.2) is 18.2 Å². The van der Waals surface area contributed by atoms with Gasteiger partial charge in [0, 0.05) is 5.92 Å². The van der Waals surface area contributed by atoms with Crippen LogP contribution in [-0.2, 0) is 37.9 Å². The summed E-state index contributed by atoms with van der Waals surface area (Å²) in [7, 11) is 0. The molecule has 0 N–H and O–H groups in total. The Hall–Kier alpha value is -1.56. The van der Waals surface area contributed by atoms with E-state index in [2.05, 4.69) is 171 Å². The highest BCUT2D eigenvalue weighted by atomic mass is 14.4. The van der Waals surface area contributed by atoms with Crippen molar-refractivity contribution in [3.8, 4) is 0 Å². The molecule has 0 amide bonds. The van der Waals surface area contributed by atoms with Crippen LogP contribution in [0.2, 0.25) is 0 Å². The zero-order valence-electron chi connectivity index (χ0n) is 33.0. The molecule has 0 radical (unpaired) electrons. The zero-order valence-corrected chi connectivity index (χ0v) is 33.0. The molecule has 0 fully saturated rings. The van der Waals surface area contributed by atoms with Gasteiger partial charge in [0.1, 0.15) is 0 Å². The second kappa shape index (κ2) is 11.4. The minimum atomic E-state index is 0.00187.